The van der Waals surface area contributed by atoms with Gasteiger partial charge in [0.1, 0.15) is 19.8 Å². The van der Waals surface area contributed by atoms with E-state index in [0.717, 1.165) is 83.5 Å². The minimum absolute atomic E-state index is 0.0340. The molecule has 350 valence electrons. The van der Waals surface area contributed by atoms with Gasteiger partial charge in [0, 0.05) is 12.8 Å². The Hall–Kier alpha value is -2.03. The van der Waals surface area contributed by atoms with Crippen molar-refractivity contribution in [2.24, 2.45) is 0 Å². The molecule has 2 atom stereocenters. The van der Waals surface area contributed by atoms with Gasteiger partial charge in [0.2, 0.25) is 0 Å². The quantitative estimate of drug-likeness (QED) is 0.0196. The zero-order valence-corrected chi connectivity index (χ0v) is 40.3. The predicted molar refractivity (Wildman–Crippen MR) is 250 cm³/mol. The Morgan fingerprint density at radius 3 is 1.40 bits per heavy atom. The smallest absolute Gasteiger partial charge is 0.306 e. The third-order valence-corrected chi connectivity index (χ3v) is 11.3. The van der Waals surface area contributed by atoms with E-state index in [2.05, 4.69) is 62.5 Å². The van der Waals surface area contributed by atoms with Crippen LogP contribution in [-0.2, 0) is 32.7 Å². The molecule has 0 aromatic carbocycles. The van der Waals surface area contributed by atoms with E-state index in [1.54, 1.807) is 0 Å². The second-order valence-electron chi connectivity index (χ2n) is 17.5. The summed E-state index contributed by atoms with van der Waals surface area (Å²) in [5.74, 6) is -0.850. The van der Waals surface area contributed by atoms with Gasteiger partial charge in [-0.2, -0.15) is 0 Å². The summed E-state index contributed by atoms with van der Waals surface area (Å²) in [5.41, 5.74) is 0. The molecule has 0 saturated carbocycles. The molecule has 0 saturated heterocycles. The Morgan fingerprint density at radius 2 is 0.917 bits per heavy atom. The lowest BCUT2D eigenvalue weighted by atomic mass is 10.0. The van der Waals surface area contributed by atoms with Crippen LogP contribution in [0.15, 0.2) is 48.6 Å². The van der Waals surface area contributed by atoms with Crippen molar-refractivity contribution in [3.63, 3.8) is 0 Å². The second kappa shape index (κ2) is 42.3. The Morgan fingerprint density at radius 1 is 0.517 bits per heavy atom. The van der Waals surface area contributed by atoms with Gasteiger partial charge in [0.05, 0.1) is 27.7 Å². The summed E-state index contributed by atoms with van der Waals surface area (Å²) in [6, 6.07) is 0. The van der Waals surface area contributed by atoms with Crippen LogP contribution in [0.1, 0.15) is 206 Å². The molecule has 0 aliphatic heterocycles. The van der Waals surface area contributed by atoms with Crippen LogP contribution in [-0.4, -0.2) is 70.0 Å². The van der Waals surface area contributed by atoms with Crippen molar-refractivity contribution in [1.82, 2.24) is 0 Å². The fourth-order valence-corrected chi connectivity index (χ4v) is 7.19. The van der Waals surface area contributed by atoms with Crippen LogP contribution in [0.25, 0.3) is 0 Å². The van der Waals surface area contributed by atoms with Gasteiger partial charge in [-0.1, -0.05) is 172 Å². The van der Waals surface area contributed by atoms with Crippen LogP contribution in [0.3, 0.4) is 0 Å². The summed E-state index contributed by atoms with van der Waals surface area (Å²) < 4.78 is 33.9. The lowest BCUT2D eigenvalue weighted by Gasteiger charge is -2.28. The molecule has 0 spiro atoms. The van der Waals surface area contributed by atoms with E-state index in [1.165, 1.54) is 89.9 Å². The van der Waals surface area contributed by atoms with Crippen LogP contribution in [0.2, 0.25) is 0 Å². The average Bonchev–Trinajstić information content (AvgIpc) is 3.20. The van der Waals surface area contributed by atoms with Crippen molar-refractivity contribution in [3.8, 4) is 0 Å². The second-order valence-corrected chi connectivity index (χ2v) is 18.9. The zero-order valence-electron chi connectivity index (χ0n) is 39.4. The number of quaternary nitrogens is 1. The van der Waals surface area contributed by atoms with Crippen LogP contribution in [0.5, 0.6) is 0 Å². The van der Waals surface area contributed by atoms with Crippen molar-refractivity contribution >= 4 is 19.8 Å². The summed E-state index contributed by atoms with van der Waals surface area (Å²) in [5, 5.41) is 0. The van der Waals surface area contributed by atoms with Crippen LogP contribution >= 0.6 is 7.82 Å². The lowest BCUT2D eigenvalue weighted by Crippen LogP contribution is -2.37. The van der Waals surface area contributed by atoms with Crippen molar-refractivity contribution in [3.05, 3.63) is 48.6 Å². The van der Waals surface area contributed by atoms with E-state index in [9.17, 15) is 19.0 Å². The molecule has 0 fully saturated rings. The summed E-state index contributed by atoms with van der Waals surface area (Å²) >= 11 is 0. The van der Waals surface area contributed by atoms with Gasteiger partial charge in [-0.25, -0.2) is 0 Å². The molecule has 2 unspecified atom stereocenters. The third-order valence-electron chi connectivity index (χ3n) is 10.3. The summed E-state index contributed by atoms with van der Waals surface area (Å²) in [7, 11) is 1.16. The maximum absolute atomic E-state index is 12.7. The molecular weight excluding hydrogens is 774 g/mol. The zero-order chi connectivity index (χ0) is 44.3. The number of hydrogen-bond donors (Lipinski definition) is 0. The Kier molecular flexibility index (Phi) is 40.8. The number of phosphoric acid groups is 1. The molecule has 0 amide bonds. The number of carbonyl (C=O) groups excluding carboxylic acids is 2. The van der Waals surface area contributed by atoms with Gasteiger partial charge >= 0.3 is 11.9 Å². The highest BCUT2D eigenvalue weighted by atomic mass is 31.2. The molecule has 60 heavy (non-hydrogen) atoms. The standard InChI is InChI=1S/C50H92NO8P/c1-6-8-10-12-14-16-18-19-20-21-22-23-24-25-26-27-28-29-30-31-33-35-37-39-41-43-50(53)59-48(47-58-60(54,55)57-45-44-51(3,4)5)46-56-49(52)42-40-38-36-34-32-17-15-13-11-9-7-2/h13,15,18-19,21-22,24-25,48H,6-12,14,16-17,20,23,26-47H2,1-5H3/b15-13-,19-18-,22-21-,25-24-. The number of esters is 2. The number of allylic oxidation sites excluding steroid dienone is 8. The fraction of sp³-hybridized carbons (Fsp3) is 0.800. The average molecular weight is 866 g/mol. The number of carbonyl (C=O) groups is 2. The van der Waals surface area contributed by atoms with E-state index in [4.69, 9.17) is 18.5 Å². The highest BCUT2D eigenvalue weighted by Crippen LogP contribution is 2.38. The highest BCUT2D eigenvalue weighted by Gasteiger charge is 2.21. The summed E-state index contributed by atoms with van der Waals surface area (Å²) in [6.45, 7) is 4.16. The van der Waals surface area contributed by atoms with Gasteiger partial charge in [0.15, 0.2) is 6.10 Å². The number of nitrogens with zero attached hydrogens (tertiary/aromatic N) is 1. The predicted octanol–water partition coefficient (Wildman–Crippen LogP) is 13.6. The molecule has 0 radical (unpaired) electrons. The first kappa shape index (κ1) is 58.0. The minimum atomic E-state index is -4.63. The highest BCUT2D eigenvalue weighted by molar-refractivity contribution is 7.45. The number of likely N-dealkylation sites (N-methyl/N-ethyl adjacent to an activating group) is 1. The molecule has 0 N–H and O–H groups in total. The SMILES string of the molecule is CCCC/C=C\CCCCCCCC(=O)OCC(COP(=O)([O-])OCC[N+](C)(C)C)OC(=O)CCCCCCCCCCCC/C=C\C/C=C\C/C=C\CCCCCCC. The topological polar surface area (TPSA) is 111 Å². The molecule has 0 rings (SSSR count). The maximum Gasteiger partial charge on any atom is 0.306 e. The van der Waals surface area contributed by atoms with Gasteiger partial charge in [0.25, 0.3) is 7.82 Å². The summed E-state index contributed by atoms with van der Waals surface area (Å²) in [4.78, 5) is 37.6. The molecular formula is C50H92NO8P. The first-order valence-electron chi connectivity index (χ1n) is 24.3. The van der Waals surface area contributed by atoms with Crippen LogP contribution < -0.4 is 4.89 Å². The number of unbranched alkanes of at least 4 members (excludes halogenated alkanes) is 22. The van der Waals surface area contributed by atoms with E-state index in [-0.39, 0.29) is 26.1 Å². The third kappa shape index (κ3) is 45.5. The first-order valence-corrected chi connectivity index (χ1v) is 25.8. The van der Waals surface area contributed by atoms with Crippen molar-refractivity contribution in [2.45, 2.75) is 213 Å². The molecule has 0 bridgehead atoms. The van der Waals surface area contributed by atoms with E-state index >= 15 is 0 Å². The normalized spacial score (nSPS) is 13.9. The number of phosphoric ester groups is 1. The van der Waals surface area contributed by atoms with Crippen molar-refractivity contribution < 1.29 is 42.1 Å². The summed E-state index contributed by atoms with van der Waals surface area (Å²) in [6.07, 6.45) is 50.0. The Bertz CT molecular complexity index is 1160. The number of rotatable bonds is 44. The first-order chi connectivity index (χ1) is 29.0. The molecule has 10 heteroatoms. The van der Waals surface area contributed by atoms with Crippen LogP contribution in [0.4, 0.5) is 0 Å². The molecule has 0 aromatic heterocycles. The molecule has 0 aliphatic carbocycles. The molecule has 9 nitrogen and oxygen atoms in total. The Balaban J connectivity index is 4.21. The van der Waals surface area contributed by atoms with E-state index in [1.807, 2.05) is 21.1 Å². The van der Waals surface area contributed by atoms with E-state index in [0.29, 0.717) is 17.4 Å². The van der Waals surface area contributed by atoms with Crippen LogP contribution in [0, 0.1) is 0 Å². The van der Waals surface area contributed by atoms with Crippen molar-refractivity contribution in [1.29, 1.82) is 0 Å². The lowest BCUT2D eigenvalue weighted by molar-refractivity contribution is -0.870. The molecule has 0 aromatic rings. The van der Waals surface area contributed by atoms with E-state index < -0.39 is 32.5 Å². The minimum Gasteiger partial charge on any atom is -0.756 e. The fourth-order valence-electron chi connectivity index (χ4n) is 6.47. The molecule has 0 aliphatic rings. The monoisotopic (exact) mass is 866 g/mol. The van der Waals surface area contributed by atoms with Gasteiger partial charge in [-0.3, -0.25) is 14.2 Å². The largest absolute Gasteiger partial charge is 0.756 e. The Labute approximate surface area is 369 Å². The van der Waals surface area contributed by atoms with Gasteiger partial charge in [-0.05, 0) is 70.6 Å². The maximum atomic E-state index is 12.7. The number of ether oxygens (including phenoxy) is 2. The van der Waals surface area contributed by atoms with Crippen molar-refractivity contribution in [2.75, 3.05) is 47.5 Å². The van der Waals surface area contributed by atoms with Gasteiger partial charge < -0.3 is 27.9 Å². The number of hydrogen-bond acceptors (Lipinski definition) is 8. The van der Waals surface area contributed by atoms with Gasteiger partial charge in [-0.15, -0.1) is 0 Å². The molecule has 0 heterocycles.